The van der Waals surface area contributed by atoms with E-state index >= 15 is 0 Å². The topological polar surface area (TPSA) is 35.5 Å². The van der Waals surface area contributed by atoms with Crippen LogP contribution in [0.4, 0.5) is 4.39 Å². The molecule has 1 saturated heterocycles. The second kappa shape index (κ2) is 5.67. The van der Waals surface area contributed by atoms with Crippen LogP contribution in [0.25, 0.3) is 0 Å². The van der Waals surface area contributed by atoms with E-state index in [4.69, 9.17) is 11.6 Å². The SMILES string of the molecule is Oc1ccc(Cl)cc1[C@H](CF)N1CCNCC1. The maximum Gasteiger partial charge on any atom is 0.120 e. The lowest BCUT2D eigenvalue weighted by molar-refractivity contribution is 0.145. The van der Waals surface area contributed by atoms with Crippen LogP contribution in [0.1, 0.15) is 11.6 Å². The molecule has 1 atom stereocenters. The van der Waals surface area contributed by atoms with Crippen molar-refractivity contribution in [2.45, 2.75) is 6.04 Å². The molecule has 1 aromatic rings. The molecule has 0 saturated carbocycles. The molecule has 0 amide bonds. The smallest absolute Gasteiger partial charge is 0.120 e. The first-order valence-corrected chi connectivity index (χ1v) is 6.09. The van der Waals surface area contributed by atoms with Crippen LogP contribution in [0, 0.1) is 0 Å². The van der Waals surface area contributed by atoms with E-state index in [1.54, 1.807) is 12.1 Å². The fraction of sp³-hybridized carbons (Fsp3) is 0.500. The number of nitrogens with zero attached hydrogens (tertiary/aromatic N) is 1. The molecule has 1 aliphatic heterocycles. The fourth-order valence-electron chi connectivity index (χ4n) is 2.16. The van der Waals surface area contributed by atoms with E-state index in [1.807, 2.05) is 4.90 Å². The summed E-state index contributed by atoms with van der Waals surface area (Å²) in [6, 6.07) is 4.36. The molecule has 2 rings (SSSR count). The van der Waals surface area contributed by atoms with Crippen LogP contribution >= 0.6 is 11.6 Å². The largest absolute Gasteiger partial charge is 0.508 e. The van der Waals surface area contributed by atoms with Crippen LogP contribution < -0.4 is 5.32 Å². The number of hydrogen-bond acceptors (Lipinski definition) is 3. The molecule has 2 N–H and O–H groups in total. The molecule has 0 unspecified atom stereocenters. The van der Waals surface area contributed by atoms with Gasteiger partial charge in [-0.2, -0.15) is 0 Å². The zero-order chi connectivity index (χ0) is 12.3. The average molecular weight is 259 g/mol. The standard InChI is InChI=1S/C12H16ClFN2O/c13-9-1-2-12(17)10(7-9)11(8-14)16-5-3-15-4-6-16/h1-2,7,11,15,17H,3-6,8H2/t11-/m0/s1. The second-order valence-electron chi connectivity index (χ2n) is 4.16. The number of hydrogen-bond donors (Lipinski definition) is 2. The molecule has 0 spiro atoms. The van der Waals surface area contributed by atoms with Crippen molar-refractivity contribution in [3.8, 4) is 5.75 Å². The summed E-state index contributed by atoms with van der Waals surface area (Å²) in [6.45, 7) is 2.73. The summed E-state index contributed by atoms with van der Waals surface area (Å²) in [5.41, 5.74) is 0.571. The third-order valence-corrected chi connectivity index (χ3v) is 3.32. The van der Waals surface area contributed by atoms with E-state index in [2.05, 4.69) is 5.32 Å². The number of rotatable bonds is 3. The van der Waals surface area contributed by atoms with Gasteiger partial charge in [-0.1, -0.05) is 11.6 Å². The molecule has 0 aromatic heterocycles. The zero-order valence-corrected chi connectivity index (χ0v) is 10.3. The first-order chi connectivity index (χ1) is 8.22. The highest BCUT2D eigenvalue weighted by Gasteiger charge is 2.24. The first kappa shape index (κ1) is 12.6. The Morgan fingerprint density at radius 2 is 2.12 bits per heavy atom. The van der Waals surface area contributed by atoms with E-state index in [-0.39, 0.29) is 5.75 Å². The molecule has 0 radical (unpaired) electrons. The summed E-state index contributed by atoms with van der Waals surface area (Å²) in [7, 11) is 0. The highest BCUT2D eigenvalue weighted by Crippen LogP contribution is 2.31. The van der Waals surface area contributed by atoms with Crippen molar-refractivity contribution in [1.82, 2.24) is 10.2 Å². The summed E-state index contributed by atoms with van der Waals surface area (Å²) in [6.07, 6.45) is 0. The Hall–Kier alpha value is -0.840. The third kappa shape index (κ3) is 2.89. The van der Waals surface area contributed by atoms with Gasteiger partial charge >= 0.3 is 0 Å². The Morgan fingerprint density at radius 3 is 2.76 bits per heavy atom. The van der Waals surface area contributed by atoms with Crippen LogP contribution in [-0.2, 0) is 0 Å². The monoisotopic (exact) mass is 258 g/mol. The molecule has 1 aliphatic rings. The van der Waals surface area contributed by atoms with E-state index in [0.717, 1.165) is 26.2 Å². The maximum atomic E-state index is 13.2. The first-order valence-electron chi connectivity index (χ1n) is 5.71. The number of halogens is 2. The fourth-order valence-corrected chi connectivity index (χ4v) is 2.34. The van der Waals surface area contributed by atoms with Crippen LogP contribution in [0.3, 0.4) is 0 Å². The molecule has 1 fully saturated rings. The number of nitrogens with one attached hydrogen (secondary N) is 1. The summed E-state index contributed by atoms with van der Waals surface area (Å²) < 4.78 is 13.2. The van der Waals surface area contributed by atoms with Gasteiger partial charge in [-0.3, -0.25) is 4.90 Å². The summed E-state index contributed by atoms with van der Waals surface area (Å²) in [4.78, 5) is 2.03. The molecule has 5 heteroatoms. The number of benzene rings is 1. The summed E-state index contributed by atoms with van der Waals surface area (Å²) >= 11 is 5.89. The predicted molar refractivity (Wildman–Crippen MR) is 66.3 cm³/mol. The van der Waals surface area contributed by atoms with Gasteiger partial charge in [0, 0.05) is 36.8 Å². The van der Waals surface area contributed by atoms with Crippen molar-refractivity contribution in [3.05, 3.63) is 28.8 Å². The minimum absolute atomic E-state index is 0.107. The quantitative estimate of drug-likeness (QED) is 0.870. The lowest BCUT2D eigenvalue weighted by Crippen LogP contribution is -2.45. The van der Waals surface area contributed by atoms with E-state index in [0.29, 0.717) is 10.6 Å². The Balaban J connectivity index is 2.24. The van der Waals surface area contributed by atoms with Gasteiger partial charge < -0.3 is 10.4 Å². The minimum Gasteiger partial charge on any atom is -0.508 e. The molecular formula is C12H16ClFN2O. The number of alkyl halides is 1. The minimum atomic E-state index is -0.520. The average Bonchev–Trinajstić information content (AvgIpc) is 2.36. The van der Waals surface area contributed by atoms with Gasteiger partial charge in [0.05, 0.1) is 6.04 Å². The number of aromatic hydroxyl groups is 1. The molecule has 0 bridgehead atoms. The van der Waals surface area contributed by atoms with Gasteiger partial charge in [0.1, 0.15) is 12.4 Å². The number of piperazine rings is 1. The van der Waals surface area contributed by atoms with E-state index in [1.165, 1.54) is 6.07 Å². The molecule has 3 nitrogen and oxygen atoms in total. The highest BCUT2D eigenvalue weighted by atomic mass is 35.5. The van der Waals surface area contributed by atoms with Gasteiger partial charge in [0.25, 0.3) is 0 Å². The molecule has 1 aromatic carbocycles. The van der Waals surface area contributed by atoms with E-state index < -0.39 is 12.7 Å². The van der Waals surface area contributed by atoms with Crippen LogP contribution in [0.15, 0.2) is 18.2 Å². The van der Waals surface area contributed by atoms with Gasteiger partial charge in [-0.15, -0.1) is 0 Å². The maximum absolute atomic E-state index is 13.2. The lowest BCUT2D eigenvalue weighted by Gasteiger charge is -2.33. The van der Waals surface area contributed by atoms with Crippen molar-refractivity contribution >= 4 is 11.6 Å². The van der Waals surface area contributed by atoms with Gasteiger partial charge in [-0.05, 0) is 18.2 Å². The van der Waals surface area contributed by atoms with Crippen LogP contribution in [-0.4, -0.2) is 42.9 Å². The highest BCUT2D eigenvalue weighted by molar-refractivity contribution is 6.30. The van der Waals surface area contributed by atoms with Crippen molar-refractivity contribution in [1.29, 1.82) is 0 Å². The van der Waals surface area contributed by atoms with Gasteiger partial charge in [-0.25, -0.2) is 4.39 Å². The molecular weight excluding hydrogens is 243 g/mol. The van der Waals surface area contributed by atoms with Gasteiger partial charge in [0.15, 0.2) is 0 Å². The molecule has 94 valence electrons. The van der Waals surface area contributed by atoms with E-state index in [9.17, 15) is 9.50 Å². The summed E-state index contributed by atoms with van der Waals surface area (Å²) in [5.74, 6) is 0.107. The van der Waals surface area contributed by atoms with Gasteiger partial charge in [0.2, 0.25) is 0 Å². The Bertz CT molecular complexity index is 383. The van der Waals surface area contributed by atoms with Crippen molar-refractivity contribution in [3.63, 3.8) is 0 Å². The zero-order valence-electron chi connectivity index (χ0n) is 9.50. The predicted octanol–water partition coefficient (Wildman–Crippen LogP) is 1.96. The Kier molecular flexibility index (Phi) is 4.20. The lowest BCUT2D eigenvalue weighted by atomic mass is 10.0. The molecule has 17 heavy (non-hydrogen) atoms. The molecule has 0 aliphatic carbocycles. The van der Waals surface area contributed by atoms with Crippen molar-refractivity contribution < 1.29 is 9.50 Å². The van der Waals surface area contributed by atoms with Crippen molar-refractivity contribution in [2.24, 2.45) is 0 Å². The van der Waals surface area contributed by atoms with Crippen LogP contribution in [0.5, 0.6) is 5.75 Å². The third-order valence-electron chi connectivity index (χ3n) is 3.09. The second-order valence-corrected chi connectivity index (χ2v) is 4.60. The Morgan fingerprint density at radius 1 is 1.41 bits per heavy atom. The Labute approximate surface area is 105 Å². The molecule has 1 heterocycles. The number of phenols is 1. The number of phenolic OH excluding ortho intramolecular Hbond substituents is 1. The van der Waals surface area contributed by atoms with Crippen molar-refractivity contribution in [2.75, 3.05) is 32.9 Å². The normalized spacial score (nSPS) is 19.2. The van der Waals surface area contributed by atoms with Crippen LogP contribution in [0.2, 0.25) is 5.02 Å². The summed E-state index contributed by atoms with van der Waals surface area (Å²) in [5, 5.41) is 13.5.